The molecule has 1 atom stereocenters. The Morgan fingerprint density at radius 1 is 1.22 bits per heavy atom. The number of carboxylic acid groups (broad SMARTS) is 1. The summed E-state index contributed by atoms with van der Waals surface area (Å²) in [6.07, 6.45) is 0.0671. The number of benzene rings is 1. The molecule has 0 bridgehead atoms. The molecule has 0 aliphatic rings. The van der Waals surface area contributed by atoms with Gasteiger partial charge in [0, 0.05) is 0 Å². The van der Waals surface area contributed by atoms with E-state index in [2.05, 4.69) is 25.7 Å². The quantitative estimate of drug-likeness (QED) is 0.498. The molecule has 10 nitrogen and oxygen atoms in total. The fraction of sp³-hybridized carbons (Fsp3) is 0.0625. The van der Waals surface area contributed by atoms with E-state index in [1.807, 2.05) is 0 Å². The van der Waals surface area contributed by atoms with E-state index in [0.717, 1.165) is 6.33 Å². The van der Waals surface area contributed by atoms with E-state index >= 15 is 0 Å². The van der Waals surface area contributed by atoms with E-state index < -0.39 is 18.0 Å². The molecule has 136 valence electrons. The Hall–Kier alpha value is -3.86. The molecule has 1 amide bonds. The van der Waals surface area contributed by atoms with Crippen LogP contribution in [0, 0.1) is 5.82 Å². The number of hydrogen-bond donors (Lipinski definition) is 3. The third-order valence-electron chi connectivity index (χ3n) is 3.88. The predicted molar refractivity (Wildman–Crippen MR) is 90.0 cm³/mol. The van der Waals surface area contributed by atoms with Crippen LogP contribution in [-0.4, -0.2) is 45.9 Å². The second kappa shape index (κ2) is 6.46. The summed E-state index contributed by atoms with van der Waals surface area (Å²) in [5, 5.41) is 33.5. The smallest absolute Gasteiger partial charge is 0.410 e. The lowest BCUT2D eigenvalue weighted by Gasteiger charge is -2.08. The number of fused-ring (bicyclic) bond motifs is 1. The summed E-state index contributed by atoms with van der Waals surface area (Å²) >= 11 is 0. The summed E-state index contributed by atoms with van der Waals surface area (Å²) in [6.45, 7) is 0. The van der Waals surface area contributed by atoms with Gasteiger partial charge in [-0.3, -0.25) is 5.32 Å². The number of aliphatic hydroxyl groups is 1. The maximum absolute atomic E-state index is 13.9. The molecule has 0 aliphatic heterocycles. The molecule has 0 fully saturated rings. The van der Waals surface area contributed by atoms with Gasteiger partial charge in [-0.25, -0.2) is 23.4 Å². The van der Waals surface area contributed by atoms with Crippen LogP contribution in [0.1, 0.15) is 17.5 Å². The largest absolute Gasteiger partial charge is 0.465 e. The third-order valence-corrected chi connectivity index (χ3v) is 3.88. The van der Waals surface area contributed by atoms with Crippen molar-refractivity contribution in [2.75, 3.05) is 5.32 Å². The van der Waals surface area contributed by atoms with Gasteiger partial charge in [-0.1, -0.05) is 17.3 Å². The molecular weight excluding hydrogens is 357 g/mol. The van der Waals surface area contributed by atoms with Crippen LogP contribution >= 0.6 is 0 Å². The van der Waals surface area contributed by atoms with Gasteiger partial charge in [0.2, 0.25) is 0 Å². The van der Waals surface area contributed by atoms with Gasteiger partial charge in [0.25, 0.3) is 0 Å². The van der Waals surface area contributed by atoms with Crippen LogP contribution in [0.25, 0.3) is 11.2 Å². The number of nitrogens with zero attached hydrogens (tertiary/aromatic N) is 6. The summed E-state index contributed by atoms with van der Waals surface area (Å²) in [7, 11) is 0. The van der Waals surface area contributed by atoms with Crippen molar-refractivity contribution in [2.45, 2.75) is 6.10 Å². The fourth-order valence-electron chi connectivity index (χ4n) is 2.67. The number of anilines is 1. The number of aliphatic hydroxyl groups excluding tert-OH is 1. The summed E-state index contributed by atoms with van der Waals surface area (Å²) in [4.78, 5) is 14.7. The molecule has 11 heteroatoms. The highest BCUT2D eigenvalue weighted by Crippen LogP contribution is 2.25. The molecule has 4 rings (SSSR count). The summed E-state index contributed by atoms with van der Waals surface area (Å²) in [5.41, 5.74) is 1.04. The number of amides is 1. The maximum atomic E-state index is 13.9. The second-order valence-electron chi connectivity index (χ2n) is 5.54. The second-order valence-corrected chi connectivity index (χ2v) is 5.54. The van der Waals surface area contributed by atoms with E-state index in [1.165, 1.54) is 27.5 Å². The van der Waals surface area contributed by atoms with Crippen molar-refractivity contribution in [1.82, 2.24) is 29.6 Å². The van der Waals surface area contributed by atoms with E-state index in [9.17, 15) is 14.3 Å². The zero-order valence-corrected chi connectivity index (χ0v) is 13.6. The van der Waals surface area contributed by atoms with Crippen molar-refractivity contribution in [1.29, 1.82) is 0 Å². The summed E-state index contributed by atoms with van der Waals surface area (Å²) in [6, 6.07) is 9.16. The molecule has 4 aromatic rings. The van der Waals surface area contributed by atoms with Crippen molar-refractivity contribution in [3.8, 4) is 5.69 Å². The minimum Gasteiger partial charge on any atom is -0.465 e. The zero-order valence-electron chi connectivity index (χ0n) is 13.6. The van der Waals surface area contributed by atoms with E-state index in [0.29, 0.717) is 11.2 Å². The molecule has 1 unspecified atom stereocenters. The normalized spacial score (nSPS) is 12.2. The average Bonchev–Trinajstić information content (AvgIpc) is 3.29. The molecular formula is C16H12FN7O3. The van der Waals surface area contributed by atoms with Gasteiger partial charge in [0.05, 0.1) is 11.9 Å². The Kier molecular flexibility index (Phi) is 3.97. The monoisotopic (exact) mass is 369 g/mol. The van der Waals surface area contributed by atoms with Crippen LogP contribution in [0.4, 0.5) is 15.0 Å². The number of hydrogen-bond acceptors (Lipinski definition) is 6. The van der Waals surface area contributed by atoms with Crippen molar-refractivity contribution < 1.29 is 19.4 Å². The van der Waals surface area contributed by atoms with Crippen LogP contribution in [0.3, 0.4) is 0 Å². The van der Waals surface area contributed by atoms with Gasteiger partial charge in [0.1, 0.15) is 35.1 Å². The molecule has 3 heterocycles. The zero-order chi connectivity index (χ0) is 19.0. The maximum Gasteiger partial charge on any atom is 0.410 e. The van der Waals surface area contributed by atoms with Crippen molar-refractivity contribution >= 4 is 17.4 Å². The molecule has 0 saturated heterocycles. The number of aromatic nitrogens is 6. The number of para-hydroxylation sites is 1. The highest BCUT2D eigenvalue weighted by atomic mass is 19.1. The third kappa shape index (κ3) is 2.95. The first-order valence-corrected chi connectivity index (χ1v) is 7.72. The summed E-state index contributed by atoms with van der Waals surface area (Å²) in [5.74, 6) is -0.403. The predicted octanol–water partition coefficient (Wildman–Crippen LogP) is 1.62. The van der Waals surface area contributed by atoms with Crippen molar-refractivity contribution in [2.24, 2.45) is 0 Å². The minimum atomic E-state index is -1.27. The molecule has 0 aliphatic carbocycles. The standard InChI is InChI=1S/C16H12FN7O3/c17-9-3-1-2-4-11(9)23-7-10(21-22-23)14(25)12-5-6-13-15(20-16(26)27)18-8-19-24(12)13/h1-8,14,25H,(H,26,27)(H,18,19,20). The Morgan fingerprint density at radius 3 is 2.81 bits per heavy atom. The Balaban J connectivity index is 1.71. The van der Waals surface area contributed by atoms with Crippen LogP contribution in [0.2, 0.25) is 0 Å². The van der Waals surface area contributed by atoms with Gasteiger partial charge in [-0.2, -0.15) is 5.10 Å². The first-order chi connectivity index (χ1) is 13.0. The molecule has 3 aromatic heterocycles. The van der Waals surface area contributed by atoms with E-state index in [-0.39, 0.29) is 17.2 Å². The lowest BCUT2D eigenvalue weighted by atomic mass is 10.2. The molecule has 0 radical (unpaired) electrons. The topological polar surface area (TPSA) is 130 Å². The number of carbonyl (C=O) groups is 1. The molecule has 0 saturated carbocycles. The average molecular weight is 369 g/mol. The molecule has 3 N–H and O–H groups in total. The molecule has 27 heavy (non-hydrogen) atoms. The van der Waals surface area contributed by atoms with E-state index in [4.69, 9.17) is 5.11 Å². The van der Waals surface area contributed by atoms with Crippen LogP contribution in [0.15, 0.2) is 48.9 Å². The number of halogens is 1. The van der Waals surface area contributed by atoms with Crippen LogP contribution < -0.4 is 5.32 Å². The van der Waals surface area contributed by atoms with Gasteiger partial charge in [-0.05, 0) is 24.3 Å². The molecule has 1 aromatic carbocycles. The van der Waals surface area contributed by atoms with Gasteiger partial charge in [-0.15, -0.1) is 5.10 Å². The fourth-order valence-corrected chi connectivity index (χ4v) is 2.67. The van der Waals surface area contributed by atoms with Crippen LogP contribution in [-0.2, 0) is 0 Å². The first-order valence-electron chi connectivity index (χ1n) is 7.72. The van der Waals surface area contributed by atoms with Crippen molar-refractivity contribution in [3.05, 3.63) is 66.1 Å². The Bertz CT molecular complexity index is 1140. The minimum absolute atomic E-state index is 0.0750. The highest BCUT2D eigenvalue weighted by Gasteiger charge is 2.21. The number of nitrogens with one attached hydrogen (secondary N) is 1. The Labute approximate surface area is 150 Å². The first kappa shape index (κ1) is 16.6. The van der Waals surface area contributed by atoms with E-state index in [1.54, 1.807) is 24.3 Å². The van der Waals surface area contributed by atoms with Gasteiger partial charge >= 0.3 is 6.09 Å². The SMILES string of the molecule is O=C(O)Nc1ncnn2c(C(O)c3cn(-c4ccccc4F)nn3)ccc12. The van der Waals surface area contributed by atoms with Gasteiger partial charge < -0.3 is 10.2 Å². The summed E-state index contributed by atoms with van der Waals surface area (Å²) < 4.78 is 16.4. The highest BCUT2D eigenvalue weighted by molar-refractivity contribution is 5.87. The lowest BCUT2D eigenvalue weighted by molar-refractivity contribution is 0.208. The van der Waals surface area contributed by atoms with Gasteiger partial charge in [0.15, 0.2) is 5.82 Å². The molecule has 0 spiro atoms. The lowest BCUT2D eigenvalue weighted by Crippen LogP contribution is -2.12. The van der Waals surface area contributed by atoms with Crippen molar-refractivity contribution in [3.63, 3.8) is 0 Å². The Morgan fingerprint density at radius 2 is 2.04 bits per heavy atom. The number of rotatable bonds is 4. The van der Waals surface area contributed by atoms with Crippen LogP contribution in [0.5, 0.6) is 0 Å².